The van der Waals surface area contributed by atoms with Gasteiger partial charge < -0.3 is 20.5 Å². The number of ether oxygens (including phenoxy) is 1. The minimum Gasteiger partial charge on any atom is -0.477 e. The second-order valence-electron chi connectivity index (χ2n) is 3.70. The van der Waals surface area contributed by atoms with Crippen molar-refractivity contribution in [2.45, 2.75) is 13.5 Å². The van der Waals surface area contributed by atoms with E-state index in [1.807, 2.05) is 0 Å². The average Bonchev–Trinajstić information content (AvgIpc) is 2.43. The standard InChI is InChI=1S/C12H15N3O5/c1-2-20-10(16)7-15-12(19)14-6-8-3-4-9(11(17)18)13-5-8/h3-5H,2,6-7H2,1H3,(H,17,18)(H2,14,15,19). The number of hydrogen-bond donors (Lipinski definition) is 3. The number of carbonyl (C=O) groups excluding carboxylic acids is 2. The molecule has 0 saturated heterocycles. The molecule has 0 aliphatic rings. The summed E-state index contributed by atoms with van der Waals surface area (Å²) in [6.45, 7) is 1.88. The van der Waals surface area contributed by atoms with Crippen molar-refractivity contribution >= 4 is 18.0 Å². The summed E-state index contributed by atoms with van der Waals surface area (Å²) in [4.78, 5) is 36.7. The number of rotatable bonds is 6. The second kappa shape index (κ2) is 7.72. The summed E-state index contributed by atoms with van der Waals surface area (Å²) in [5.41, 5.74) is 0.571. The number of pyridine rings is 1. The SMILES string of the molecule is CCOC(=O)CNC(=O)NCc1ccc(C(=O)O)nc1. The second-order valence-corrected chi connectivity index (χ2v) is 3.70. The number of aromatic nitrogens is 1. The monoisotopic (exact) mass is 281 g/mol. The van der Waals surface area contributed by atoms with E-state index in [0.29, 0.717) is 5.56 Å². The molecular weight excluding hydrogens is 266 g/mol. The molecule has 0 unspecified atom stereocenters. The lowest BCUT2D eigenvalue weighted by Crippen LogP contribution is -2.38. The van der Waals surface area contributed by atoms with Crippen LogP contribution in [0.2, 0.25) is 0 Å². The summed E-state index contributed by atoms with van der Waals surface area (Å²) in [5, 5.41) is 13.5. The number of esters is 1. The van der Waals surface area contributed by atoms with Crippen LogP contribution in [0.15, 0.2) is 18.3 Å². The van der Waals surface area contributed by atoms with Gasteiger partial charge in [0.25, 0.3) is 0 Å². The van der Waals surface area contributed by atoms with Gasteiger partial charge in [0.15, 0.2) is 0 Å². The summed E-state index contributed by atoms with van der Waals surface area (Å²) < 4.78 is 4.64. The van der Waals surface area contributed by atoms with Gasteiger partial charge in [-0.15, -0.1) is 0 Å². The number of nitrogens with one attached hydrogen (secondary N) is 2. The smallest absolute Gasteiger partial charge is 0.354 e. The molecule has 0 radical (unpaired) electrons. The van der Waals surface area contributed by atoms with Crippen LogP contribution in [0.3, 0.4) is 0 Å². The lowest BCUT2D eigenvalue weighted by atomic mass is 10.2. The normalized spacial score (nSPS) is 9.65. The molecular formula is C12H15N3O5. The van der Waals surface area contributed by atoms with Gasteiger partial charge in [0, 0.05) is 12.7 Å². The van der Waals surface area contributed by atoms with Gasteiger partial charge in [0.1, 0.15) is 12.2 Å². The Bertz CT molecular complexity index is 486. The Kier molecular flexibility index (Phi) is 5.95. The number of hydrogen-bond acceptors (Lipinski definition) is 5. The van der Waals surface area contributed by atoms with Gasteiger partial charge in [0.05, 0.1) is 6.61 Å². The number of carboxylic acids is 1. The summed E-state index contributed by atoms with van der Waals surface area (Å²) in [6.07, 6.45) is 1.36. The van der Waals surface area contributed by atoms with Gasteiger partial charge in [0.2, 0.25) is 0 Å². The molecule has 1 aromatic heterocycles. The lowest BCUT2D eigenvalue weighted by molar-refractivity contribution is -0.141. The minimum absolute atomic E-state index is 0.0690. The van der Waals surface area contributed by atoms with Crippen LogP contribution in [-0.2, 0) is 16.1 Å². The molecule has 0 spiro atoms. The first-order valence-electron chi connectivity index (χ1n) is 5.88. The van der Waals surface area contributed by atoms with E-state index in [0.717, 1.165) is 0 Å². The van der Waals surface area contributed by atoms with Crippen molar-refractivity contribution < 1.29 is 24.2 Å². The van der Waals surface area contributed by atoms with E-state index < -0.39 is 18.0 Å². The highest BCUT2D eigenvalue weighted by molar-refractivity contribution is 5.85. The van der Waals surface area contributed by atoms with Crippen LogP contribution >= 0.6 is 0 Å². The molecule has 0 bridgehead atoms. The Labute approximate surface area is 115 Å². The minimum atomic E-state index is -1.11. The Morgan fingerprint density at radius 2 is 2.05 bits per heavy atom. The number of carboxylic acid groups (broad SMARTS) is 1. The van der Waals surface area contributed by atoms with Crippen molar-refractivity contribution in [1.82, 2.24) is 15.6 Å². The molecule has 1 aromatic rings. The number of carbonyl (C=O) groups is 3. The third kappa shape index (κ3) is 5.34. The Morgan fingerprint density at radius 3 is 2.60 bits per heavy atom. The van der Waals surface area contributed by atoms with E-state index in [4.69, 9.17) is 5.11 Å². The van der Waals surface area contributed by atoms with Gasteiger partial charge in [-0.05, 0) is 18.6 Å². The molecule has 0 aromatic carbocycles. The third-order valence-corrected chi connectivity index (χ3v) is 2.20. The topological polar surface area (TPSA) is 118 Å². The van der Waals surface area contributed by atoms with Crippen LogP contribution in [0.5, 0.6) is 0 Å². The predicted octanol–water partition coefficient (Wildman–Crippen LogP) is 0.142. The molecule has 8 heteroatoms. The maximum atomic E-state index is 11.4. The molecule has 1 heterocycles. The highest BCUT2D eigenvalue weighted by atomic mass is 16.5. The molecule has 0 atom stereocenters. The first-order valence-corrected chi connectivity index (χ1v) is 5.88. The zero-order valence-corrected chi connectivity index (χ0v) is 10.9. The van der Waals surface area contributed by atoms with Crippen molar-refractivity contribution in [1.29, 1.82) is 0 Å². The van der Waals surface area contributed by atoms with E-state index in [-0.39, 0.29) is 25.4 Å². The van der Waals surface area contributed by atoms with Gasteiger partial charge in [-0.2, -0.15) is 0 Å². The van der Waals surface area contributed by atoms with E-state index in [9.17, 15) is 14.4 Å². The first-order chi connectivity index (χ1) is 9.52. The number of aromatic carboxylic acids is 1. The maximum absolute atomic E-state index is 11.4. The molecule has 3 N–H and O–H groups in total. The quantitative estimate of drug-likeness (QED) is 0.638. The Balaban J connectivity index is 2.33. The van der Waals surface area contributed by atoms with E-state index in [1.165, 1.54) is 12.3 Å². The fraction of sp³-hybridized carbons (Fsp3) is 0.333. The average molecular weight is 281 g/mol. The van der Waals surface area contributed by atoms with E-state index in [2.05, 4.69) is 20.4 Å². The fourth-order valence-electron chi connectivity index (χ4n) is 1.26. The van der Waals surface area contributed by atoms with Crippen LogP contribution in [0.4, 0.5) is 4.79 Å². The van der Waals surface area contributed by atoms with E-state index in [1.54, 1.807) is 13.0 Å². The van der Waals surface area contributed by atoms with Crippen LogP contribution < -0.4 is 10.6 Å². The largest absolute Gasteiger partial charge is 0.477 e. The van der Waals surface area contributed by atoms with Gasteiger partial charge in [-0.25, -0.2) is 14.6 Å². The van der Waals surface area contributed by atoms with Crippen molar-refractivity contribution in [2.75, 3.05) is 13.2 Å². The number of urea groups is 1. The molecule has 20 heavy (non-hydrogen) atoms. The molecule has 108 valence electrons. The fourth-order valence-corrected chi connectivity index (χ4v) is 1.26. The summed E-state index contributed by atoms with van der Waals surface area (Å²) in [5.74, 6) is -1.63. The van der Waals surface area contributed by atoms with Crippen molar-refractivity contribution in [2.24, 2.45) is 0 Å². The number of amides is 2. The van der Waals surface area contributed by atoms with Crippen LogP contribution in [-0.4, -0.2) is 41.2 Å². The van der Waals surface area contributed by atoms with Crippen LogP contribution in [0.25, 0.3) is 0 Å². The van der Waals surface area contributed by atoms with Gasteiger partial charge >= 0.3 is 18.0 Å². The maximum Gasteiger partial charge on any atom is 0.354 e. The van der Waals surface area contributed by atoms with Crippen molar-refractivity contribution in [3.05, 3.63) is 29.6 Å². The van der Waals surface area contributed by atoms with Crippen LogP contribution in [0.1, 0.15) is 23.0 Å². The summed E-state index contributed by atoms with van der Waals surface area (Å²) >= 11 is 0. The zero-order valence-electron chi connectivity index (χ0n) is 10.9. The molecule has 0 aliphatic heterocycles. The predicted molar refractivity (Wildman–Crippen MR) is 68.1 cm³/mol. The first kappa shape index (κ1) is 15.4. The molecule has 1 rings (SSSR count). The zero-order chi connectivity index (χ0) is 15.0. The Hall–Kier alpha value is -2.64. The molecule has 0 saturated carbocycles. The van der Waals surface area contributed by atoms with Crippen LogP contribution in [0, 0.1) is 0 Å². The molecule has 0 fully saturated rings. The van der Waals surface area contributed by atoms with Crippen molar-refractivity contribution in [3.8, 4) is 0 Å². The highest BCUT2D eigenvalue weighted by Gasteiger charge is 2.06. The Morgan fingerprint density at radius 1 is 1.30 bits per heavy atom. The highest BCUT2D eigenvalue weighted by Crippen LogP contribution is 1.99. The molecule has 0 aliphatic carbocycles. The van der Waals surface area contributed by atoms with Gasteiger partial charge in [-0.3, -0.25) is 4.79 Å². The van der Waals surface area contributed by atoms with E-state index >= 15 is 0 Å². The van der Waals surface area contributed by atoms with Gasteiger partial charge in [-0.1, -0.05) is 6.07 Å². The summed E-state index contributed by atoms with van der Waals surface area (Å²) in [7, 11) is 0. The summed E-state index contributed by atoms with van der Waals surface area (Å²) in [6, 6.07) is 2.36. The van der Waals surface area contributed by atoms with Crippen molar-refractivity contribution in [3.63, 3.8) is 0 Å². The number of nitrogens with zero attached hydrogens (tertiary/aromatic N) is 1. The lowest BCUT2D eigenvalue weighted by Gasteiger charge is -2.07. The molecule has 2 amide bonds. The molecule has 8 nitrogen and oxygen atoms in total. The third-order valence-electron chi connectivity index (χ3n) is 2.20.